The van der Waals surface area contributed by atoms with Crippen LogP contribution in [0.5, 0.6) is 0 Å². The van der Waals surface area contributed by atoms with Gasteiger partial charge in [-0.25, -0.2) is 8.42 Å². The van der Waals surface area contributed by atoms with Gasteiger partial charge in [-0.1, -0.05) is 17.7 Å². The van der Waals surface area contributed by atoms with Gasteiger partial charge in [0.05, 0.1) is 0 Å². The van der Waals surface area contributed by atoms with Crippen molar-refractivity contribution >= 4 is 9.84 Å². The lowest BCUT2D eigenvalue weighted by molar-refractivity contribution is 0.608. The Morgan fingerprint density at radius 1 is 1.14 bits per heavy atom. The van der Waals surface area contributed by atoms with Crippen LogP contribution in [0.2, 0.25) is 0 Å². The quantitative estimate of drug-likeness (QED) is 0.629. The molecule has 0 spiro atoms. The first-order valence-corrected chi connectivity index (χ1v) is 6.99. The van der Waals surface area contributed by atoms with Gasteiger partial charge in [-0.15, -0.1) is 0 Å². The van der Waals surface area contributed by atoms with Gasteiger partial charge in [0.1, 0.15) is 0 Å². The fourth-order valence-electron chi connectivity index (χ4n) is 1.80. The fraction of sp³-hybridized carbons (Fsp3) is 0.636. The molecule has 0 heterocycles. The van der Waals surface area contributed by atoms with Crippen LogP contribution >= 0.6 is 0 Å². The average molecular weight is 214 g/mol. The van der Waals surface area contributed by atoms with Crippen LogP contribution in [0.15, 0.2) is 23.1 Å². The second-order valence-electron chi connectivity index (χ2n) is 4.06. The van der Waals surface area contributed by atoms with E-state index in [-0.39, 0.29) is 0 Å². The molecule has 0 atom stereocenters. The van der Waals surface area contributed by atoms with E-state index in [1.165, 1.54) is 17.2 Å². The summed E-state index contributed by atoms with van der Waals surface area (Å²) in [5.74, 6) is 0. The van der Waals surface area contributed by atoms with E-state index in [2.05, 4.69) is 6.58 Å². The Morgan fingerprint density at radius 3 is 2.07 bits per heavy atom. The summed E-state index contributed by atoms with van der Waals surface area (Å²) in [6, 6.07) is 0. The van der Waals surface area contributed by atoms with E-state index in [1.54, 1.807) is 0 Å². The van der Waals surface area contributed by atoms with Crippen LogP contribution in [-0.4, -0.2) is 14.7 Å². The van der Waals surface area contributed by atoms with Crippen molar-refractivity contribution in [3.8, 4) is 0 Å². The minimum atomic E-state index is -2.95. The van der Waals surface area contributed by atoms with Crippen LogP contribution < -0.4 is 0 Å². The largest absolute Gasteiger partial charge is 0.225 e. The summed E-state index contributed by atoms with van der Waals surface area (Å²) in [5.41, 5.74) is 2.39. The predicted molar refractivity (Wildman–Crippen MR) is 59.8 cm³/mol. The highest BCUT2D eigenvalue weighted by atomic mass is 32.2. The number of hydrogen-bond acceptors (Lipinski definition) is 2. The molecule has 0 amide bonds. The molecule has 3 heteroatoms. The third-order valence-corrected chi connectivity index (χ3v) is 3.20. The highest BCUT2D eigenvalue weighted by Gasteiger charge is 2.07. The average Bonchev–Trinajstić information content (AvgIpc) is 1.97. The maximum absolute atomic E-state index is 11.1. The Labute approximate surface area is 86.6 Å². The van der Waals surface area contributed by atoms with Crippen molar-refractivity contribution in [1.29, 1.82) is 0 Å². The second-order valence-corrected chi connectivity index (χ2v) is 5.96. The molecule has 1 aliphatic carbocycles. The van der Waals surface area contributed by atoms with Crippen LogP contribution in [0.4, 0.5) is 0 Å². The van der Waals surface area contributed by atoms with Gasteiger partial charge in [0.25, 0.3) is 0 Å². The van der Waals surface area contributed by atoms with Crippen LogP contribution in [0.3, 0.4) is 0 Å². The first kappa shape index (κ1) is 11.5. The first-order chi connectivity index (χ1) is 6.47. The van der Waals surface area contributed by atoms with Gasteiger partial charge in [-0.2, -0.15) is 0 Å². The lowest BCUT2D eigenvalue weighted by atomic mass is 9.95. The normalized spacial score (nSPS) is 20.1. The van der Waals surface area contributed by atoms with E-state index in [1.807, 2.05) is 0 Å². The van der Waals surface area contributed by atoms with Gasteiger partial charge in [-0.3, -0.25) is 0 Å². The lowest BCUT2D eigenvalue weighted by Gasteiger charge is -2.13. The molecule has 1 saturated carbocycles. The van der Waals surface area contributed by atoms with Crippen LogP contribution in [-0.2, 0) is 9.84 Å². The Balaban J connectivity index is 2.64. The molecule has 1 rings (SSSR count). The first-order valence-electron chi connectivity index (χ1n) is 5.03. The van der Waals surface area contributed by atoms with Crippen molar-refractivity contribution in [2.45, 2.75) is 38.5 Å². The van der Waals surface area contributed by atoms with Gasteiger partial charge in [0.15, 0.2) is 9.84 Å². The molecule has 0 aromatic heterocycles. The third-order valence-electron chi connectivity index (χ3n) is 2.44. The Bertz CT molecular complexity index is 322. The molecule has 0 aromatic carbocycles. The molecule has 1 fully saturated rings. The van der Waals surface area contributed by atoms with Crippen molar-refractivity contribution in [1.82, 2.24) is 0 Å². The Morgan fingerprint density at radius 2 is 1.64 bits per heavy atom. The molecule has 0 aromatic rings. The molecule has 0 bridgehead atoms. The van der Waals surface area contributed by atoms with Gasteiger partial charge < -0.3 is 0 Å². The zero-order chi connectivity index (χ0) is 10.6. The molecule has 0 unspecified atom stereocenters. The van der Waals surface area contributed by atoms with E-state index in [4.69, 9.17) is 0 Å². The maximum atomic E-state index is 11.1. The van der Waals surface area contributed by atoms with Crippen molar-refractivity contribution < 1.29 is 8.42 Å². The standard InChI is InChI=1S/C11H18O2S/c1-10-5-3-7-11(8-4-6-10)9-14(2,12)13/h9H,1,3-8H2,2H3. The summed E-state index contributed by atoms with van der Waals surface area (Å²) < 4.78 is 22.1. The molecule has 2 nitrogen and oxygen atoms in total. The highest BCUT2D eigenvalue weighted by molar-refractivity contribution is 7.93. The van der Waals surface area contributed by atoms with Crippen molar-refractivity contribution in [2.75, 3.05) is 6.26 Å². The SMILES string of the molecule is C=C1CCCC(=CS(C)(=O)=O)CCC1. The van der Waals surface area contributed by atoms with Gasteiger partial charge in [-0.05, 0) is 38.5 Å². The van der Waals surface area contributed by atoms with Crippen molar-refractivity contribution in [2.24, 2.45) is 0 Å². The van der Waals surface area contributed by atoms with Crippen molar-refractivity contribution in [3.05, 3.63) is 23.1 Å². The Kier molecular flexibility index (Phi) is 3.93. The molecular formula is C11H18O2S. The van der Waals surface area contributed by atoms with E-state index in [9.17, 15) is 8.42 Å². The molecule has 1 aliphatic rings. The molecule has 0 saturated heterocycles. The van der Waals surface area contributed by atoms with Gasteiger partial charge in [0, 0.05) is 11.7 Å². The molecule has 0 aliphatic heterocycles. The monoisotopic (exact) mass is 214 g/mol. The zero-order valence-corrected chi connectivity index (χ0v) is 9.57. The molecule has 0 N–H and O–H groups in total. The van der Waals surface area contributed by atoms with Crippen LogP contribution in [0, 0.1) is 0 Å². The minimum absolute atomic E-state index is 0.909. The Hall–Kier alpha value is -0.570. The predicted octanol–water partition coefficient (Wildman–Crippen LogP) is 2.83. The topological polar surface area (TPSA) is 34.1 Å². The van der Waals surface area contributed by atoms with Crippen molar-refractivity contribution in [3.63, 3.8) is 0 Å². The highest BCUT2D eigenvalue weighted by Crippen LogP contribution is 2.24. The molecule has 80 valence electrons. The molecular weight excluding hydrogens is 196 g/mol. The summed E-state index contributed by atoms with van der Waals surface area (Å²) >= 11 is 0. The second kappa shape index (κ2) is 4.78. The zero-order valence-electron chi connectivity index (χ0n) is 8.75. The number of allylic oxidation sites excluding steroid dienone is 2. The third kappa shape index (κ3) is 4.61. The molecule has 14 heavy (non-hydrogen) atoms. The number of hydrogen-bond donors (Lipinski definition) is 0. The minimum Gasteiger partial charge on any atom is -0.225 e. The lowest BCUT2D eigenvalue weighted by Crippen LogP contribution is -1.98. The van der Waals surface area contributed by atoms with E-state index < -0.39 is 9.84 Å². The maximum Gasteiger partial charge on any atom is 0.168 e. The van der Waals surface area contributed by atoms with E-state index >= 15 is 0 Å². The van der Waals surface area contributed by atoms with Gasteiger partial charge in [0.2, 0.25) is 0 Å². The van der Waals surface area contributed by atoms with Crippen LogP contribution in [0.25, 0.3) is 0 Å². The van der Waals surface area contributed by atoms with E-state index in [0.717, 1.165) is 44.1 Å². The summed E-state index contributed by atoms with van der Waals surface area (Å²) in [6.45, 7) is 3.98. The summed E-state index contributed by atoms with van der Waals surface area (Å²) in [7, 11) is -2.95. The fourth-order valence-corrected chi connectivity index (χ4v) is 2.64. The van der Waals surface area contributed by atoms with Gasteiger partial charge >= 0.3 is 0 Å². The summed E-state index contributed by atoms with van der Waals surface area (Å²) in [4.78, 5) is 0. The van der Waals surface area contributed by atoms with E-state index in [0.29, 0.717) is 0 Å². The smallest absolute Gasteiger partial charge is 0.168 e. The summed E-state index contributed by atoms with van der Waals surface area (Å²) in [5, 5.41) is 1.45. The summed E-state index contributed by atoms with van der Waals surface area (Å²) in [6.07, 6.45) is 7.25. The van der Waals surface area contributed by atoms with Crippen LogP contribution in [0.1, 0.15) is 38.5 Å². The number of rotatable bonds is 1. The number of sulfone groups is 1. The molecule has 0 radical (unpaired) electrons.